The van der Waals surface area contributed by atoms with Gasteiger partial charge in [-0.15, -0.1) is 11.3 Å². The maximum absolute atomic E-state index is 10.2. The lowest BCUT2D eigenvalue weighted by Crippen LogP contribution is -2.26. The van der Waals surface area contributed by atoms with Crippen LogP contribution in [-0.4, -0.2) is 10.7 Å². The predicted octanol–water partition coefficient (Wildman–Crippen LogP) is 4.28. The van der Waals surface area contributed by atoms with Gasteiger partial charge in [0.25, 0.3) is 0 Å². The molecule has 0 fully saturated rings. The summed E-state index contributed by atoms with van der Waals surface area (Å²) in [5.74, 6) is 0. The number of unbranched alkanes of at least 4 members (excludes halogenated alkanes) is 2. The Labute approximate surface area is 101 Å². The van der Waals surface area contributed by atoms with Gasteiger partial charge in [0.15, 0.2) is 0 Å². The number of halogens is 1. The van der Waals surface area contributed by atoms with Gasteiger partial charge in [-0.2, -0.15) is 0 Å². The Balaban J connectivity index is 2.41. The Hall–Kier alpha value is -0.0500. The van der Waals surface area contributed by atoms with Gasteiger partial charge in [-0.05, 0) is 25.5 Å². The average molecular weight is 247 g/mol. The molecule has 1 aromatic heterocycles. The van der Waals surface area contributed by atoms with E-state index in [1.54, 1.807) is 11.3 Å². The van der Waals surface area contributed by atoms with Crippen molar-refractivity contribution in [1.29, 1.82) is 0 Å². The summed E-state index contributed by atoms with van der Waals surface area (Å²) in [7, 11) is 0. The van der Waals surface area contributed by atoms with Crippen LogP contribution in [0.25, 0.3) is 0 Å². The zero-order chi connectivity index (χ0) is 11.3. The number of hydrogen-bond acceptors (Lipinski definition) is 2. The third kappa shape index (κ3) is 5.01. The van der Waals surface area contributed by atoms with Gasteiger partial charge in [-0.1, -0.05) is 37.8 Å². The zero-order valence-corrected chi connectivity index (χ0v) is 11.0. The number of hydrogen-bond donors (Lipinski definition) is 1. The van der Waals surface area contributed by atoms with E-state index in [-0.39, 0.29) is 0 Å². The molecule has 15 heavy (non-hydrogen) atoms. The second kappa shape index (κ2) is 5.88. The molecule has 0 aliphatic rings. The quantitative estimate of drug-likeness (QED) is 0.743. The fourth-order valence-corrected chi connectivity index (χ4v) is 2.93. The minimum absolute atomic E-state index is 0.580. The first-order valence-corrected chi connectivity index (χ1v) is 6.69. The predicted molar refractivity (Wildman–Crippen MR) is 67.8 cm³/mol. The molecule has 0 amide bonds. The van der Waals surface area contributed by atoms with Crippen molar-refractivity contribution in [2.24, 2.45) is 0 Å². The van der Waals surface area contributed by atoms with E-state index in [4.69, 9.17) is 11.6 Å². The molecule has 1 N–H and O–H groups in total. The van der Waals surface area contributed by atoms with Crippen LogP contribution >= 0.6 is 22.9 Å². The first-order valence-electron chi connectivity index (χ1n) is 5.50. The van der Waals surface area contributed by atoms with E-state index in [9.17, 15) is 5.11 Å². The molecule has 86 valence electrons. The number of rotatable bonds is 6. The molecule has 0 aromatic carbocycles. The smallest absolute Gasteiger partial charge is 0.0931 e. The lowest BCUT2D eigenvalue weighted by atomic mass is 9.94. The maximum atomic E-state index is 10.2. The summed E-state index contributed by atoms with van der Waals surface area (Å²) >= 11 is 7.41. The highest BCUT2D eigenvalue weighted by molar-refractivity contribution is 7.16. The van der Waals surface area contributed by atoms with Gasteiger partial charge in [0.2, 0.25) is 0 Å². The van der Waals surface area contributed by atoms with E-state index in [0.29, 0.717) is 6.42 Å². The summed E-state index contributed by atoms with van der Waals surface area (Å²) in [6, 6.07) is 3.89. The van der Waals surface area contributed by atoms with Crippen LogP contribution in [0.2, 0.25) is 4.34 Å². The highest BCUT2D eigenvalue weighted by Gasteiger charge is 2.20. The maximum Gasteiger partial charge on any atom is 0.0931 e. The van der Waals surface area contributed by atoms with Crippen molar-refractivity contribution in [2.45, 2.75) is 51.6 Å². The van der Waals surface area contributed by atoms with E-state index in [2.05, 4.69) is 6.92 Å². The van der Waals surface area contributed by atoms with Gasteiger partial charge in [0, 0.05) is 11.3 Å². The molecule has 1 unspecified atom stereocenters. The molecule has 1 heterocycles. The Morgan fingerprint density at radius 2 is 2.13 bits per heavy atom. The Morgan fingerprint density at radius 1 is 1.40 bits per heavy atom. The van der Waals surface area contributed by atoms with E-state index in [1.807, 2.05) is 19.1 Å². The normalized spacial score (nSPS) is 15.2. The Morgan fingerprint density at radius 3 is 2.67 bits per heavy atom. The van der Waals surface area contributed by atoms with E-state index < -0.39 is 5.60 Å². The van der Waals surface area contributed by atoms with Crippen LogP contribution in [0.1, 0.15) is 44.4 Å². The van der Waals surface area contributed by atoms with Crippen LogP contribution < -0.4 is 0 Å². The van der Waals surface area contributed by atoms with Crippen molar-refractivity contribution in [2.75, 3.05) is 0 Å². The lowest BCUT2D eigenvalue weighted by molar-refractivity contribution is 0.0494. The van der Waals surface area contributed by atoms with Crippen molar-refractivity contribution in [3.05, 3.63) is 21.3 Å². The summed E-state index contributed by atoms with van der Waals surface area (Å²) in [6.07, 6.45) is 5.08. The summed E-state index contributed by atoms with van der Waals surface area (Å²) < 4.78 is 0.800. The minimum atomic E-state index is -0.580. The molecule has 0 bridgehead atoms. The fraction of sp³-hybridized carbons (Fsp3) is 0.667. The third-order valence-corrected chi connectivity index (χ3v) is 3.73. The second-order valence-corrected chi connectivity index (χ2v) is 6.14. The van der Waals surface area contributed by atoms with E-state index >= 15 is 0 Å². The van der Waals surface area contributed by atoms with Gasteiger partial charge in [0.1, 0.15) is 0 Å². The Bertz CT molecular complexity index is 294. The first-order chi connectivity index (χ1) is 7.03. The lowest BCUT2D eigenvalue weighted by Gasteiger charge is -2.22. The topological polar surface area (TPSA) is 20.2 Å². The van der Waals surface area contributed by atoms with Crippen molar-refractivity contribution < 1.29 is 5.11 Å². The highest BCUT2D eigenvalue weighted by Crippen LogP contribution is 2.27. The molecule has 0 spiro atoms. The second-order valence-electron chi connectivity index (χ2n) is 4.34. The van der Waals surface area contributed by atoms with Gasteiger partial charge >= 0.3 is 0 Å². The third-order valence-electron chi connectivity index (χ3n) is 2.50. The number of thiophene rings is 1. The van der Waals surface area contributed by atoms with E-state index in [0.717, 1.165) is 17.2 Å². The van der Waals surface area contributed by atoms with Crippen LogP contribution in [0.4, 0.5) is 0 Å². The van der Waals surface area contributed by atoms with Gasteiger partial charge in [0.05, 0.1) is 9.94 Å². The minimum Gasteiger partial charge on any atom is -0.390 e. The average Bonchev–Trinajstić information content (AvgIpc) is 2.50. The molecule has 1 rings (SSSR count). The molecule has 0 aliphatic carbocycles. The van der Waals surface area contributed by atoms with Gasteiger partial charge in [-0.3, -0.25) is 0 Å². The van der Waals surface area contributed by atoms with Crippen LogP contribution in [0.5, 0.6) is 0 Å². The molecule has 1 nitrogen and oxygen atoms in total. The molecule has 1 aromatic rings. The molecule has 0 radical (unpaired) electrons. The fourth-order valence-electron chi connectivity index (χ4n) is 1.67. The van der Waals surface area contributed by atoms with Crippen LogP contribution in [0, 0.1) is 0 Å². The van der Waals surface area contributed by atoms with Crippen molar-refractivity contribution in [3.8, 4) is 0 Å². The molecule has 0 aliphatic heterocycles. The van der Waals surface area contributed by atoms with Gasteiger partial charge < -0.3 is 5.11 Å². The molecular weight excluding hydrogens is 228 g/mol. The molecular formula is C12H19ClOS. The largest absolute Gasteiger partial charge is 0.390 e. The monoisotopic (exact) mass is 246 g/mol. The summed E-state index contributed by atoms with van der Waals surface area (Å²) in [4.78, 5) is 1.17. The van der Waals surface area contributed by atoms with Crippen LogP contribution in [0.15, 0.2) is 12.1 Å². The van der Waals surface area contributed by atoms with Gasteiger partial charge in [-0.25, -0.2) is 0 Å². The van der Waals surface area contributed by atoms with Crippen LogP contribution in [-0.2, 0) is 6.42 Å². The summed E-state index contributed by atoms with van der Waals surface area (Å²) in [6.45, 7) is 4.09. The summed E-state index contributed by atoms with van der Waals surface area (Å²) in [5.41, 5.74) is -0.580. The van der Waals surface area contributed by atoms with Crippen molar-refractivity contribution in [3.63, 3.8) is 0 Å². The van der Waals surface area contributed by atoms with Crippen LogP contribution in [0.3, 0.4) is 0 Å². The number of aliphatic hydroxyl groups is 1. The molecule has 0 saturated heterocycles. The zero-order valence-electron chi connectivity index (χ0n) is 9.42. The highest BCUT2D eigenvalue weighted by atomic mass is 35.5. The van der Waals surface area contributed by atoms with Crippen molar-refractivity contribution in [1.82, 2.24) is 0 Å². The summed E-state index contributed by atoms with van der Waals surface area (Å²) in [5, 5.41) is 10.2. The molecule has 0 saturated carbocycles. The molecule has 3 heteroatoms. The molecule has 1 atom stereocenters. The first kappa shape index (κ1) is 13.0. The SMILES string of the molecule is CCCCCC(C)(O)Cc1ccc(Cl)s1. The van der Waals surface area contributed by atoms with E-state index in [1.165, 1.54) is 17.7 Å². The Kier molecular flexibility index (Phi) is 5.10. The standard InChI is InChI=1S/C12H19ClOS/c1-3-4-5-8-12(2,14)9-10-6-7-11(13)15-10/h6-7,14H,3-5,8-9H2,1-2H3. The van der Waals surface area contributed by atoms with Crippen molar-refractivity contribution >= 4 is 22.9 Å².